The summed E-state index contributed by atoms with van der Waals surface area (Å²) in [6.45, 7) is 1.48. The minimum Gasteiger partial charge on any atom is -0.339 e. The number of rotatable bonds is 4. The summed E-state index contributed by atoms with van der Waals surface area (Å²) in [6.07, 6.45) is 4.27. The largest absolute Gasteiger partial charge is 0.339 e. The number of carbonyl (C=O) groups excluding carboxylic acids is 1. The lowest BCUT2D eigenvalue weighted by Crippen LogP contribution is -2.31. The molecule has 1 heterocycles. The van der Waals surface area contributed by atoms with Crippen LogP contribution in [-0.4, -0.2) is 32.3 Å². The normalized spacial score (nSPS) is 15.3. The molecule has 1 N–H and O–H groups in total. The van der Waals surface area contributed by atoms with Crippen LogP contribution in [0, 0.1) is 5.82 Å². The average molecular weight is 376 g/mol. The molecule has 0 spiro atoms. The third-order valence-corrected chi connectivity index (χ3v) is 5.80. The van der Waals surface area contributed by atoms with E-state index in [2.05, 4.69) is 4.72 Å². The first-order valence-electron chi connectivity index (χ1n) is 8.63. The molecule has 1 saturated heterocycles. The van der Waals surface area contributed by atoms with Crippen molar-refractivity contribution in [2.75, 3.05) is 17.8 Å². The highest BCUT2D eigenvalue weighted by molar-refractivity contribution is 7.92. The van der Waals surface area contributed by atoms with Crippen molar-refractivity contribution < 1.29 is 17.6 Å². The highest BCUT2D eigenvalue weighted by atomic mass is 32.2. The molecule has 0 radical (unpaired) electrons. The fourth-order valence-electron chi connectivity index (χ4n) is 2.97. The van der Waals surface area contributed by atoms with Crippen molar-refractivity contribution in [1.82, 2.24) is 4.90 Å². The molecule has 0 bridgehead atoms. The van der Waals surface area contributed by atoms with Crippen molar-refractivity contribution in [1.29, 1.82) is 0 Å². The second-order valence-electron chi connectivity index (χ2n) is 6.34. The lowest BCUT2D eigenvalue weighted by atomic mass is 10.2. The average Bonchev–Trinajstić information content (AvgIpc) is 2.92. The summed E-state index contributed by atoms with van der Waals surface area (Å²) < 4.78 is 40.1. The Morgan fingerprint density at radius 2 is 1.46 bits per heavy atom. The van der Waals surface area contributed by atoms with Gasteiger partial charge < -0.3 is 4.90 Å². The van der Waals surface area contributed by atoms with E-state index in [0.29, 0.717) is 5.56 Å². The van der Waals surface area contributed by atoms with Gasteiger partial charge >= 0.3 is 0 Å². The molecule has 1 amide bonds. The van der Waals surface area contributed by atoms with Gasteiger partial charge in [0.25, 0.3) is 15.9 Å². The van der Waals surface area contributed by atoms with Crippen molar-refractivity contribution in [2.45, 2.75) is 30.6 Å². The number of likely N-dealkylation sites (tertiary alicyclic amines) is 1. The second kappa shape index (κ2) is 7.86. The molecule has 1 aliphatic heterocycles. The Bertz CT molecular complexity index is 857. The topological polar surface area (TPSA) is 66.5 Å². The van der Waals surface area contributed by atoms with Gasteiger partial charge in [0.05, 0.1) is 4.90 Å². The van der Waals surface area contributed by atoms with Gasteiger partial charge in [0.2, 0.25) is 0 Å². The van der Waals surface area contributed by atoms with Crippen LogP contribution < -0.4 is 4.72 Å². The number of nitrogens with one attached hydrogen (secondary N) is 1. The Kier molecular flexibility index (Phi) is 5.56. The summed E-state index contributed by atoms with van der Waals surface area (Å²) in [5.41, 5.74) is 0.753. The molecule has 5 nitrogen and oxygen atoms in total. The Balaban J connectivity index is 1.73. The molecule has 1 aliphatic rings. The van der Waals surface area contributed by atoms with Gasteiger partial charge in [0.15, 0.2) is 0 Å². The molecule has 1 fully saturated rings. The molecule has 0 aliphatic carbocycles. The van der Waals surface area contributed by atoms with E-state index in [-0.39, 0.29) is 16.5 Å². The fourth-order valence-corrected chi connectivity index (χ4v) is 4.02. The van der Waals surface area contributed by atoms with Crippen LogP contribution in [0.3, 0.4) is 0 Å². The van der Waals surface area contributed by atoms with Crippen LogP contribution >= 0.6 is 0 Å². The smallest absolute Gasteiger partial charge is 0.261 e. The van der Waals surface area contributed by atoms with Gasteiger partial charge in [-0.1, -0.05) is 12.8 Å². The Morgan fingerprint density at radius 1 is 0.885 bits per heavy atom. The first kappa shape index (κ1) is 18.4. The van der Waals surface area contributed by atoms with Gasteiger partial charge in [-0.2, -0.15) is 0 Å². The molecule has 0 aromatic heterocycles. The number of benzene rings is 2. The molecule has 26 heavy (non-hydrogen) atoms. The van der Waals surface area contributed by atoms with Crippen LogP contribution in [-0.2, 0) is 10.0 Å². The van der Waals surface area contributed by atoms with Crippen molar-refractivity contribution in [2.24, 2.45) is 0 Å². The van der Waals surface area contributed by atoms with Gasteiger partial charge in [0.1, 0.15) is 5.82 Å². The highest BCUT2D eigenvalue weighted by Gasteiger charge is 2.19. The van der Waals surface area contributed by atoms with Crippen LogP contribution in [0.4, 0.5) is 10.1 Å². The van der Waals surface area contributed by atoms with Gasteiger partial charge in [0, 0.05) is 24.3 Å². The number of carbonyl (C=O) groups is 1. The second-order valence-corrected chi connectivity index (χ2v) is 8.03. The molecular weight excluding hydrogens is 355 g/mol. The summed E-state index contributed by atoms with van der Waals surface area (Å²) in [5, 5.41) is 0. The molecule has 138 valence electrons. The number of hydrogen-bond donors (Lipinski definition) is 1. The lowest BCUT2D eigenvalue weighted by molar-refractivity contribution is 0.0761. The summed E-state index contributed by atoms with van der Waals surface area (Å²) in [5.74, 6) is -0.508. The molecule has 0 unspecified atom stereocenters. The highest BCUT2D eigenvalue weighted by Crippen LogP contribution is 2.19. The molecule has 2 aromatic rings. The van der Waals surface area contributed by atoms with E-state index in [1.165, 1.54) is 48.5 Å². The van der Waals surface area contributed by atoms with Crippen LogP contribution in [0.5, 0.6) is 0 Å². The Morgan fingerprint density at radius 3 is 2.04 bits per heavy atom. The van der Waals surface area contributed by atoms with E-state index >= 15 is 0 Å². The molecule has 0 saturated carbocycles. The number of halogens is 1. The Labute approximate surface area is 152 Å². The molecule has 0 atom stereocenters. The fraction of sp³-hybridized carbons (Fsp3) is 0.316. The van der Waals surface area contributed by atoms with Gasteiger partial charge in [-0.25, -0.2) is 12.8 Å². The van der Waals surface area contributed by atoms with Gasteiger partial charge in [-0.05, 0) is 61.4 Å². The van der Waals surface area contributed by atoms with Gasteiger partial charge in [-0.15, -0.1) is 0 Å². The van der Waals surface area contributed by atoms with E-state index in [9.17, 15) is 17.6 Å². The molecule has 3 rings (SSSR count). The van der Waals surface area contributed by atoms with Crippen LogP contribution in [0.15, 0.2) is 53.4 Å². The maximum atomic E-state index is 12.9. The van der Waals surface area contributed by atoms with Gasteiger partial charge in [-0.3, -0.25) is 9.52 Å². The zero-order valence-electron chi connectivity index (χ0n) is 14.3. The predicted molar refractivity (Wildman–Crippen MR) is 98.0 cm³/mol. The Hall–Kier alpha value is -2.41. The molecule has 2 aromatic carbocycles. The van der Waals surface area contributed by atoms with E-state index in [1.807, 2.05) is 4.90 Å². The van der Waals surface area contributed by atoms with E-state index < -0.39 is 15.8 Å². The predicted octanol–water partition coefficient (Wildman–Crippen LogP) is 3.64. The van der Waals surface area contributed by atoms with Crippen molar-refractivity contribution in [3.05, 3.63) is 59.9 Å². The standard InChI is InChI=1S/C19H21FN2O3S/c20-16-7-9-17(10-8-16)21-26(24,25)18-11-5-15(6-12-18)19(23)22-13-3-1-2-4-14-22/h5-12,21H,1-4,13-14H2. The van der Waals surface area contributed by atoms with Crippen LogP contribution in [0.2, 0.25) is 0 Å². The third kappa shape index (κ3) is 4.40. The number of amides is 1. The number of nitrogens with zero attached hydrogens (tertiary/aromatic N) is 1. The van der Waals surface area contributed by atoms with E-state index in [4.69, 9.17) is 0 Å². The third-order valence-electron chi connectivity index (χ3n) is 4.40. The van der Waals surface area contributed by atoms with E-state index in [0.717, 1.165) is 38.8 Å². The van der Waals surface area contributed by atoms with Crippen molar-refractivity contribution in [3.63, 3.8) is 0 Å². The zero-order valence-corrected chi connectivity index (χ0v) is 15.1. The number of hydrogen-bond acceptors (Lipinski definition) is 3. The lowest BCUT2D eigenvalue weighted by Gasteiger charge is -2.20. The number of anilines is 1. The maximum absolute atomic E-state index is 12.9. The first-order valence-corrected chi connectivity index (χ1v) is 10.1. The summed E-state index contributed by atoms with van der Waals surface area (Å²) in [6, 6.07) is 11.0. The molecular formula is C19H21FN2O3S. The summed E-state index contributed by atoms with van der Waals surface area (Å²) >= 11 is 0. The van der Waals surface area contributed by atoms with Crippen molar-refractivity contribution in [3.8, 4) is 0 Å². The minimum absolute atomic E-state index is 0.0502. The summed E-state index contributed by atoms with van der Waals surface area (Å²) in [4.78, 5) is 14.4. The molecule has 7 heteroatoms. The minimum atomic E-state index is -3.80. The monoisotopic (exact) mass is 376 g/mol. The zero-order chi connectivity index (χ0) is 18.6. The number of sulfonamides is 1. The van der Waals surface area contributed by atoms with Crippen LogP contribution in [0.25, 0.3) is 0 Å². The van der Waals surface area contributed by atoms with Crippen LogP contribution in [0.1, 0.15) is 36.0 Å². The SMILES string of the molecule is O=C(c1ccc(S(=O)(=O)Nc2ccc(F)cc2)cc1)N1CCCCCC1. The van der Waals surface area contributed by atoms with E-state index in [1.54, 1.807) is 0 Å². The quantitative estimate of drug-likeness (QED) is 0.886. The van der Waals surface area contributed by atoms with Crippen molar-refractivity contribution >= 4 is 21.6 Å². The first-order chi connectivity index (χ1) is 12.5. The maximum Gasteiger partial charge on any atom is 0.261 e. The summed E-state index contributed by atoms with van der Waals surface area (Å²) in [7, 11) is -3.80.